The Hall–Kier alpha value is -2.04. The molecule has 0 unspecified atom stereocenters. The molecule has 0 radical (unpaired) electrons. The Morgan fingerprint density at radius 2 is 2.06 bits per heavy atom. The highest BCUT2D eigenvalue weighted by Gasteiger charge is 2.52. The number of amides is 1. The van der Waals surface area contributed by atoms with Crippen LogP contribution in [0.5, 0.6) is 0 Å². The van der Waals surface area contributed by atoms with Crippen LogP contribution in [0.4, 0.5) is 5.69 Å². The Labute approximate surface area is 98.7 Å². The molecule has 0 spiro atoms. The summed E-state index contributed by atoms with van der Waals surface area (Å²) in [5, 5.41) is 0. The maximum Gasteiger partial charge on any atom is 0.311 e. The maximum absolute atomic E-state index is 11.6. The lowest BCUT2D eigenvalue weighted by Crippen LogP contribution is -2.35. The van der Waals surface area contributed by atoms with E-state index in [4.69, 9.17) is 16.2 Å². The molecule has 0 bridgehead atoms. The molecule has 5 heteroatoms. The van der Waals surface area contributed by atoms with Crippen LogP contribution >= 0.6 is 0 Å². The number of nitrogen functional groups attached to an aromatic ring is 1. The van der Waals surface area contributed by atoms with Gasteiger partial charge < -0.3 is 16.2 Å². The summed E-state index contributed by atoms with van der Waals surface area (Å²) in [6.07, 6.45) is 1.13. The SMILES string of the molecule is NC(=O)C1(OC(=O)Cc2cccc(N)c2)CC1. The molecule has 5 nitrogen and oxygen atoms in total. The van der Waals surface area contributed by atoms with Crippen molar-refractivity contribution >= 4 is 17.6 Å². The van der Waals surface area contributed by atoms with Crippen LogP contribution in [0, 0.1) is 0 Å². The average molecular weight is 234 g/mol. The van der Waals surface area contributed by atoms with Crippen molar-refractivity contribution < 1.29 is 14.3 Å². The summed E-state index contributed by atoms with van der Waals surface area (Å²) in [4.78, 5) is 22.7. The lowest BCUT2D eigenvalue weighted by atomic mass is 10.1. The number of carbonyl (C=O) groups is 2. The second-order valence-corrected chi connectivity index (χ2v) is 4.25. The van der Waals surface area contributed by atoms with Gasteiger partial charge in [-0.15, -0.1) is 0 Å². The largest absolute Gasteiger partial charge is 0.449 e. The van der Waals surface area contributed by atoms with Crippen LogP contribution in [0.15, 0.2) is 24.3 Å². The first-order valence-electron chi connectivity index (χ1n) is 5.38. The highest BCUT2D eigenvalue weighted by atomic mass is 16.6. The Kier molecular flexibility index (Phi) is 2.75. The van der Waals surface area contributed by atoms with Gasteiger partial charge >= 0.3 is 5.97 Å². The molecular weight excluding hydrogens is 220 g/mol. The summed E-state index contributed by atoms with van der Waals surface area (Å²) in [6, 6.07) is 6.98. The van der Waals surface area contributed by atoms with Crippen molar-refractivity contribution in [2.45, 2.75) is 24.9 Å². The molecule has 1 aromatic carbocycles. The van der Waals surface area contributed by atoms with Crippen LogP contribution in [-0.4, -0.2) is 17.5 Å². The van der Waals surface area contributed by atoms with Crippen molar-refractivity contribution in [2.75, 3.05) is 5.73 Å². The number of carbonyl (C=O) groups excluding carboxylic acids is 2. The smallest absolute Gasteiger partial charge is 0.311 e. The standard InChI is InChI=1S/C12H14N2O3/c13-9-3-1-2-8(6-9)7-10(15)17-12(4-5-12)11(14)16/h1-3,6H,4-5,7,13H2,(H2,14,16). The maximum atomic E-state index is 11.6. The Balaban J connectivity index is 1.96. The first kappa shape index (κ1) is 11.4. The first-order chi connectivity index (χ1) is 8.02. The average Bonchev–Trinajstić information content (AvgIpc) is 2.98. The molecule has 1 saturated carbocycles. The fourth-order valence-corrected chi connectivity index (χ4v) is 1.64. The zero-order valence-electron chi connectivity index (χ0n) is 9.31. The van der Waals surface area contributed by atoms with Crippen molar-refractivity contribution in [2.24, 2.45) is 5.73 Å². The number of benzene rings is 1. The van der Waals surface area contributed by atoms with E-state index in [0.717, 1.165) is 5.56 Å². The van der Waals surface area contributed by atoms with E-state index in [2.05, 4.69) is 0 Å². The van der Waals surface area contributed by atoms with Gasteiger partial charge in [-0.25, -0.2) is 0 Å². The van der Waals surface area contributed by atoms with E-state index < -0.39 is 17.5 Å². The highest BCUT2D eigenvalue weighted by Crippen LogP contribution is 2.39. The molecule has 1 amide bonds. The first-order valence-corrected chi connectivity index (χ1v) is 5.38. The summed E-state index contributed by atoms with van der Waals surface area (Å²) in [7, 11) is 0. The predicted molar refractivity (Wildman–Crippen MR) is 61.8 cm³/mol. The number of ether oxygens (including phenoxy) is 1. The van der Waals surface area contributed by atoms with Gasteiger partial charge in [0.05, 0.1) is 6.42 Å². The molecule has 1 aliphatic carbocycles. The monoisotopic (exact) mass is 234 g/mol. The highest BCUT2D eigenvalue weighted by molar-refractivity contribution is 5.89. The molecular formula is C12H14N2O3. The second kappa shape index (κ2) is 4.08. The Morgan fingerprint density at radius 3 is 2.59 bits per heavy atom. The number of nitrogens with two attached hydrogens (primary N) is 2. The van der Waals surface area contributed by atoms with E-state index in [0.29, 0.717) is 18.5 Å². The molecule has 1 fully saturated rings. The lowest BCUT2D eigenvalue weighted by Gasteiger charge is -2.12. The van der Waals surface area contributed by atoms with Gasteiger partial charge in [0.2, 0.25) is 0 Å². The van der Waals surface area contributed by atoms with Crippen molar-refractivity contribution in [3.63, 3.8) is 0 Å². The normalized spacial score (nSPS) is 16.2. The van der Waals surface area contributed by atoms with E-state index in [1.54, 1.807) is 24.3 Å². The summed E-state index contributed by atoms with van der Waals surface area (Å²) in [6.45, 7) is 0. The third-order valence-corrected chi connectivity index (χ3v) is 2.76. The van der Waals surface area contributed by atoms with Gasteiger partial charge in [-0.3, -0.25) is 9.59 Å². The zero-order chi connectivity index (χ0) is 12.5. The molecule has 4 N–H and O–H groups in total. The van der Waals surface area contributed by atoms with Crippen molar-refractivity contribution in [3.05, 3.63) is 29.8 Å². The molecule has 1 aliphatic rings. The molecule has 17 heavy (non-hydrogen) atoms. The van der Waals surface area contributed by atoms with Crippen molar-refractivity contribution in [3.8, 4) is 0 Å². The van der Waals surface area contributed by atoms with Crippen LogP contribution < -0.4 is 11.5 Å². The number of hydrogen-bond donors (Lipinski definition) is 2. The van der Waals surface area contributed by atoms with Crippen LogP contribution in [-0.2, 0) is 20.7 Å². The second-order valence-electron chi connectivity index (χ2n) is 4.25. The number of hydrogen-bond acceptors (Lipinski definition) is 4. The van der Waals surface area contributed by atoms with E-state index >= 15 is 0 Å². The minimum Gasteiger partial charge on any atom is -0.449 e. The van der Waals surface area contributed by atoms with Gasteiger partial charge in [0.25, 0.3) is 5.91 Å². The van der Waals surface area contributed by atoms with Gasteiger partial charge in [0, 0.05) is 18.5 Å². The van der Waals surface area contributed by atoms with Gasteiger partial charge in [-0.2, -0.15) is 0 Å². The Bertz CT molecular complexity index is 467. The number of esters is 1. The Morgan fingerprint density at radius 1 is 1.35 bits per heavy atom. The molecule has 1 aromatic rings. The van der Waals surface area contributed by atoms with Crippen molar-refractivity contribution in [1.29, 1.82) is 0 Å². The molecule has 0 heterocycles. The predicted octanol–water partition coefficient (Wildman–Crippen LogP) is 0.372. The molecule has 90 valence electrons. The van der Waals surface area contributed by atoms with Crippen LogP contribution in [0.25, 0.3) is 0 Å². The third-order valence-electron chi connectivity index (χ3n) is 2.76. The van der Waals surface area contributed by atoms with Crippen LogP contribution in [0.1, 0.15) is 18.4 Å². The summed E-state index contributed by atoms with van der Waals surface area (Å²) in [5.41, 5.74) is 11.1. The van der Waals surface area contributed by atoms with Gasteiger partial charge in [0.1, 0.15) is 0 Å². The van der Waals surface area contributed by atoms with Crippen LogP contribution in [0.2, 0.25) is 0 Å². The summed E-state index contributed by atoms with van der Waals surface area (Å²) >= 11 is 0. The van der Waals surface area contributed by atoms with Crippen molar-refractivity contribution in [1.82, 2.24) is 0 Å². The fraction of sp³-hybridized carbons (Fsp3) is 0.333. The number of primary amides is 1. The molecule has 0 aromatic heterocycles. The topological polar surface area (TPSA) is 95.4 Å². The third kappa shape index (κ3) is 2.55. The molecule has 2 rings (SSSR count). The zero-order valence-corrected chi connectivity index (χ0v) is 9.31. The van der Waals surface area contributed by atoms with E-state index in [1.807, 2.05) is 0 Å². The quantitative estimate of drug-likeness (QED) is 0.581. The number of anilines is 1. The van der Waals surface area contributed by atoms with Gasteiger partial charge in [-0.1, -0.05) is 12.1 Å². The van der Waals surface area contributed by atoms with Gasteiger partial charge in [-0.05, 0) is 17.7 Å². The van der Waals surface area contributed by atoms with E-state index in [1.165, 1.54) is 0 Å². The lowest BCUT2D eigenvalue weighted by molar-refractivity contribution is -0.156. The molecule has 0 saturated heterocycles. The minimum absolute atomic E-state index is 0.0973. The summed E-state index contributed by atoms with van der Waals surface area (Å²) < 4.78 is 5.10. The van der Waals surface area contributed by atoms with Gasteiger partial charge in [0.15, 0.2) is 5.60 Å². The summed E-state index contributed by atoms with van der Waals surface area (Å²) in [5.74, 6) is -1.02. The van der Waals surface area contributed by atoms with Crippen LogP contribution in [0.3, 0.4) is 0 Å². The van der Waals surface area contributed by atoms with E-state index in [9.17, 15) is 9.59 Å². The number of rotatable bonds is 4. The molecule has 0 atom stereocenters. The molecule has 0 aliphatic heterocycles. The van der Waals surface area contributed by atoms with E-state index in [-0.39, 0.29) is 6.42 Å². The fourth-order valence-electron chi connectivity index (χ4n) is 1.64. The minimum atomic E-state index is -1.04.